The van der Waals surface area contributed by atoms with Crippen molar-refractivity contribution in [2.24, 2.45) is 5.92 Å². The van der Waals surface area contributed by atoms with Crippen LogP contribution in [0.5, 0.6) is 0 Å². The summed E-state index contributed by atoms with van der Waals surface area (Å²) in [4.78, 5) is 26.0. The van der Waals surface area contributed by atoms with Gasteiger partial charge in [-0.3, -0.25) is 9.69 Å². The van der Waals surface area contributed by atoms with Crippen molar-refractivity contribution in [1.29, 1.82) is 0 Å². The van der Waals surface area contributed by atoms with Crippen LogP contribution in [0, 0.1) is 5.92 Å². The minimum absolute atomic E-state index is 0.239. The second kappa shape index (κ2) is 6.98. The molecule has 25 heavy (non-hydrogen) atoms. The maximum atomic E-state index is 12.8. The van der Waals surface area contributed by atoms with Crippen LogP contribution in [0.3, 0.4) is 0 Å². The first-order valence-corrected chi connectivity index (χ1v) is 9.10. The van der Waals surface area contributed by atoms with Crippen molar-refractivity contribution in [3.8, 4) is 0 Å². The Kier molecular flexibility index (Phi) is 4.92. The molecule has 2 aromatic rings. The monoisotopic (exact) mass is 371 g/mol. The van der Waals surface area contributed by atoms with Gasteiger partial charge >= 0.3 is 5.97 Å². The molecule has 1 amide bonds. The number of carboxylic acids is 1. The quantitative estimate of drug-likeness (QED) is 0.646. The summed E-state index contributed by atoms with van der Waals surface area (Å²) >= 11 is 6.44. The first-order chi connectivity index (χ1) is 11.9. The number of benzene rings is 2. The van der Waals surface area contributed by atoms with Crippen LogP contribution in [0.4, 0.5) is 0 Å². The summed E-state index contributed by atoms with van der Waals surface area (Å²) in [7, 11) is 0. The first-order valence-electron chi connectivity index (χ1n) is 7.88. The van der Waals surface area contributed by atoms with Gasteiger partial charge in [-0.2, -0.15) is 0 Å². The summed E-state index contributed by atoms with van der Waals surface area (Å²) in [5.41, 5.74) is 0.912. The average molecular weight is 371 g/mol. The van der Waals surface area contributed by atoms with Gasteiger partial charge in [-0.15, -0.1) is 0 Å². The van der Waals surface area contributed by atoms with Crippen LogP contribution in [0.15, 0.2) is 47.4 Å². The topological polar surface area (TPSA) is 57.6 Å². The van der Waals surface area contributed by atoms with E-state index >= 15 is 0 Å². The number of aliphatic carboxylic acids is 1. The molecular formula is C19H17NO3S2. The molecule has 4 nitrogen and oxygen atoms in total. The molecule has 1 N–H and O–H groups in total. The van der Waals surface area contributed by atoms with Crippen LogP contribution in [-0.4, -0.2) is 32.2 Å². The number of hydrogen-bond donors (Lipinski definition) is 1. The Morgan fingerprint density at radius 2 is 1.88 bits per heavy atom. The van der Waals surface area contributed by atoms with E-state index < -0.39 is 12.0 Å². The highest BCUT2D eigenvalue weighted by molar-refractivity contribution is 8.26. The van der Waals surface area contributed by atoms with Crippen molar-refractivity contribution in [2.75, 3.05) is 0 Å². The molecule has 1 saturated heterocycles. The zero-order chi connectivity index (χ0) is 18.1. The van der Waals surface area contributed by atoms with E-state index in [4.69, 9.17) is 12.2 Å². The van der Waals surface area contributed by atoms with Gasteiger partial charge in [0.2, 0.25) is 0 Å². The number of thioether (sulfide) groups is 1. The number of carbonyl (C=O) groups is 2. The second-order valence-electron chi connectivity index (χ2n) is 6.15. The lowest BCUT2D eigenvalue weighted by atomic mass is 10.0. The second-order valence-corrected chi connectivity index (χ2v) is 7.82. The molecule has 0 aromatic heterocycles. The van der Waals surface area contributed by atoms with E-state index in [1.54, 1.807) is 19.9 Å². The SMILES string of the molecule is CC(C)[C@@H](C(=O)O)N1C(=O)/C(=C\c2cccc3ccccc23)SC1=S. The van der Waals surface area contributed by atoms with Crippen LogP contribution in [-0.2, 0) is 9.59 Å². The number of fused-ring (bicyclic) bond motifs is 1. The summed E-state index contributed by atoms with van der Waals surface area (Å²) in [6, 6.07) is 12.8. The predicted molar refractivity (Wildman–Crippen MR) is 105 cm³/mol. The lowest BCUT2D eigenvalue weighted by Crippen LogP contribution is -2.47. The fraction of sp³-hybridized carbons (Fsp3) is 0.211. The van der Waals surface area contributed by atoms with Crippen molar-refractivity contribution >= 4 is 57.0 Å². The number of carboxylic acid groups (broad SMARTS) is 1. The Labute approximate surface area is 155 Å². The van der Waals surface area contributed by atoms with Crippen molar-refractivity contribution in [1.82, 2.24) is 4.90 Å². The van der Waals surface area contributed by atoms with E-state index in [0.717, 1.165) is 28.1 Å². The standard InChI is InChI=1S/C19H17NO3S2/c1-11(2)16(18(22)23)20-17(21)15(25-19(20)24)10-13-8-5-7-12-6-3-4-9-14(12)13/h3-11,16H,1-2H3,(H,22,23)/b15-10+/t16-/m0/s1. The van der Waals surface area contributed by atoms with Crippen molar-refractivity contribution in [3.63, 3.8) is 0 Å². The maximum absolute atomic E-state index is 12.8. The third kappa shape index (κ3) is 3.32. The third-order valence-electron chi connectivity index (χ3n) is 4.10. The van der Waals surface area contributed by atoms with Gasteiger partial charge in [-0.25, -0.2) is 4.79 Å². The maximum Gasteiger partial charge on any atom is 0.327 e. The van der Waals surface area contributed by atoms with Gasteiger partial charge in [-0.05, 0) is 28.3 Å². The van der Waals surface area contributed by atoms with Crippen LogP contribution >= 0.6 is 24.0 Å². The van der Waals surface area contributed by atoms with Gasteiger partial charge in [0, 0.05) is 0 Å². The van der Waals surface area contributed by atoms with Gasteiger partial charge in [0.1, 0.15) is 10.4 Å². The Morgan fingerprint density at radius 1 is 1.20 bits per heavy atom. The number of carbonyl (C=O) groups excluding carboxylic acids is 1. The van der Waals surface area contributed by atoms with Crippen LogP contribution in [0.2, 0.25) is 0 Å². The highest BCUT2D eigenvalue weighted by Gasteiger charge is 2.41. The Morgan fingerprint density at radius 3 is 2.56 bits per heavy atom. The highest BCUT2D eigenvalue weighted by atomic mass is 32.2. The van der Waals surface area contributed by atoms with Gasteiger partial charge in [0.15, 0.2) is 0 Å². The molecule has 0 aliphatic carbocycles. The minimum atomic E-state index is -1.04. The number of amides is 1. The smallest absolute Gasteiger partial charge is 0.327 e. The van der Waals surface area contributed by atoms with Crippen molar-refractivity contribution < 1.29 is 14.7 Å². The van der Waals surface area contributed by atoms with E-state index in [-0.39, 0.29) is 16.1 Å². The summed E-state index contributed by atoms with van der Waals surface area (Å²) in [6.07, 6.45) is 1.79. The molecule has 1 heterocycles. The van der Waals surface area contributed by atoms with Crippen molar-refractivity contribution in [2.45, 2.75) is 19.9 Å². The molecule has 0 unspecified atom stereocenters. The molecule has 0 bridgehead atoms. The highest BCUT2D eigenvalue weighted by Crippen LogP contribution is 2.36. The fourth-order valence-corrected chi connectivity index (χ4v) is 4.25. The first kappa shape index (κ1) is 17.6. The number of thiocarbonyl (C=S) groups is 1. The van der Waals surface area contributed by atoms with E-state index in [1.807, 2.05) is 42.5 Å². The van der Waals surface area contributed by atoms with Gasteiger partial charge in [0.25, 0.3) is 5.91 Å². The average Bonchev–Trinajstić information content (AvgIpc) is 2.83. The molecule has 1 atom stereocenters. The molecule has 0 radical (unpaired) electrons. The molecular weight excluding hydrogens is 354 g/mol. The van der Waals surface area contributed by atoms with Gasteiger partial charge in [0.05, 0.1) is 4.91 Å². The molecule has 2 aromatic carbocycles. The third-order valence-corrected chi connectivity index (χ3v) is 5.43. The molecule has 1 aliphatic rings. The molecule has 128 valence electrons. The normalized spacial score (nSPS) is 17.7. The zero-order valence-electron chi connectivity index (χ0n) is 13.8. The molecule has 6 heteroatoms. The van der Waals surface area contributed by atoms with Crippen LogP contribution < -0.4 is 0 Å². The Balaban J connectivity index is 2.02. The Bertz CT molecular complexity index is 899. The van der Waals surface area contributed by atoms with E-state index in [2.05, 4.69) is 0 Å². The lowest BCUT2D eigenvalue weighted by molar-refractivity contribution is -0.146. The van der Waals surface area contributed by atoms with E-state index in [9.17, 15) is 14.7 Å². The lowest BCUT2D eigenvalue weighted by Gasteiger charge is -2.26. The van der Waals surface area contributed by atoms with Crippen LogP contribution in [0.1, 0.15) is 19.4 Å². The van der Waals surface area contributed by atoms with Crippen LogP contribution in [0.25, 0.3) is 16.8 Å². The summed E-state index contributed by atoms with van der Waals surface area (Å²) < 4.78 is 0.289. The molecule has 1 aliphatic heterocycles. The molecule has 1 fully saturated rings. The molecule has 0 saturated carbocycles. The summed E-state index contributed by atoms with van der Waals surface area (Å²) in [5, 5.41) is 11.6. The zero-order valence-corrected chi connectivity index (χ0v) is 15.4. The number of rotatable bonds is 4. The summed E-state index contributed by atoms with van der Waals surface area (Å²) in [6.45, 7) is 3.54. The minimum Gasteiger partial charge on any atom is -0.480 e. The number of nitrogens with zero attached hydrogens (tertiary/aromatic N) is 1. The Hall–Kier alpha value is -2.18. The fourth-order valence-electron chi connectivity index (χ4n) is 2.93. The predicted octanol–water partition coefficient (Wildman–Crippen LogP) is 4.15. The van der Waals surface area contributed by atoms with Gasteiger partial charge in [-0.1, -0.05) is 80.3 Å². The van der Waals surface area contributed by atoms with E-state index in [1.165, 1.54) is 4.90 Å². The van der Waals surface area contributed by atoms with Gasteiger partial charge < -0.3 is 5.11 Å². The van der Waals surface area contributed by atoms with Crippen molar-refractivity contribution in [3.05, 3.63) is 52.9 Å². The largest absolute Gasteiger partial charge is 0.480 e. The van der Waals surface area contributed by atoms with E-state index in [0.29, 0.717) is 4.91 Å². The molecule has 0 spiro atoms. The number of hydrogen-bond acceptors (Lipinski definition) is 4. The summed E-state index contributed by atoms with van der Waals surface area (Å²) in [5.74, 6) is -1.63. The molecule has 3 rings (SSSR count).